The first kappa shape index (κ1) is 14.1. The Bertz CT molecular complexity index is 387. The molecule has 0 aliphatic heterocycles. The highest BCUT2D eigenvalue weighted by molar-refractivity contribution is 6.42. The van der Waals surface area contributed by atoms with Crippen molar-refractivity contribution in [2.24, 2.45) is 5.92 Å². The van der Waals surface area contributed by atoms with Gasteiger partial charge in [-0.2, -0.15) is 0 Å². The van der Waals surface area contributed by atoms with Crippen LogP contribution >= 0.6 is 23.2 Å². The first-order chi connectivity index (χ1) is 8.69. The third-order valence-electron chi connectivity index (χ3n) is 3.52. The van der Waals surface area contributed by atoms with Crippen LogP contribution in [0.4, 0.5) is 0 Å². The molecule has 0 radical (unpaired) electrons. The molecule has 18 heavy (non-hydrogen) atoms. The maximum absolute atomic E-state index is 9.07. The van der Waals surface area contributed by atoms with Gasteiger partial charge in [-0.3, -0.25) is 0 Å². The molecule has 0 saturated heterocycles. The van der Waals surface area contributed by atoms with Gasteiger partial charge in [0.25, 0.3) is 0 Å². The van der Waals surface area contributed by atoms with Crippen LogP contribution < -0.4 is 0 Å². The lowest BCUT2D eigenvalue weighted by Crippen LogP contribution is -2.23. The largest absolute Gasteiger partial charge is 0.396 e. The van der Waals surface area contributed by atoms with Crippen molar-refractivity contribution in [1.82, 2.24) is 0 Å². The molecule has 1 aliphatic rings. The highest BCUT2D eigenvalue weighted by Gasteiger charge is 2.20. The second kappa shape index (κ2) is 6.76. The van der Waals surface area contributed by atoms with Gasteiger partial charge in [0, 0.05) is 6.61 Å². The van der Waals surface area contributed by atoms with Gasteiger partial charge in [-0.15, -0.1) is 0 Å². The summed E-state index contributed by atoms with van der Waals surface area (Å²) < 4.78 is 5.87. The van der Waals surface area contributed by atoms with Crippen molar-refractivity contribution in [2.45, 2.75) is 38.4 Å². The van der Waals surface area contributed by atoms with E-state index in [2.05, 4.69) is 0 Å². The van der Waals surface area contributed by atoms with Crippen LogP contribution in [0.2, 0.25) is 10.0 Å². The van der Waals surface area contributed by atoms with E-state index in [0.29, 0.717) is 35.3 Å². The summed E-state index contributed by atoms with van der Waals surface area (Å²) in [5.74, 6) is 0.467. The molecule has 1 aliphatic carbocycles. The van der Waals surface area contributed by atoms with E-state index >= 15 is 0 Å². The number of aliphatic hydroxyl groups is 1. The highest BCUT2D eigenvalue weighted by Crippen LogP contribution is 2.27. The molecule has 1 saturated carbocycles. The first-order valence-corrected chi connectivity index (χ1v) is 7.11. The zero-order valence-electron chi connectivity index (χ0n) is 10.2. The second-order valence-electron chi connectivity index (χ2n) is 4.88. The summed E-state index contributed by atoms with van der Waals surface area (Å²) in [5.41, 5.74) is 1.05. The summed E-state index contributed by atoms with van der Waals surface area (Å²) in [7, 11) is 0. The fourth-order valence-electron chi connectivity index (χ4n) is 2.32. The predicted molar refractivity (Wildman–Crippen MR) is 74.1 cm³/mol. The quantitative estimate of drug-likeness (QED) is 0.905. The average molecular weight is 289 g/mol. The number of rotatable bonds is 4. The summed E-state index contributed by atoms with van der Waals surface area (Å²) in [6.45, 7) is 0.880. The molecule has 0 aromatic heterocycles. The zero-order chi connectivity index (χ0) is 13.0. The van der Waals surface area contributed by atoms with Crippen molar-refractivity contribution in [1.29, 1.82) is 0 Å². The monoisotopic (exact) mass is 288 g/mol. The van der Waals surface area contributed by atoms with Gasteiger partial charge in [-0.1, -0.05) is 29.3 Å². The van der Waals surface area contributed by atoms with Crippen molar-refractivity contribution in [3.8, 4) is 0 Å². The summed E-state index contributed by atoms with van der Waals surface area (Å²) in [4.78, 5) is 0. The van der Waals surface area contributed by atoms with Crippen LogP contribution in [0.25, 0.3) is 0 Å². The van der Waals surface area contributed by atoms with Crippen molar-refractivity contribution in [3.05, 3.63) is 33.8 Å². The van der Waals surface area contributed by atoms with Gasteiger partial charge in [-0.25, -0.2) is 0 Å². The third kappa shape index (κ3) is 3.86. The molecular weight excluding hydrogens is 271 g/mol. The fraction of sp³-hybridized carbons (Fsp3) is 0.571. The fourth-order valence-corrected chi connectivity index (χ4v) is 2.65. The van der Waals surface area contributed by atoms with E-state index in [0.717, 1.165) is 31.2 Å². The predicted octanol–water partition coefficient (Wildman–Crippen LogP) is 4.06. The Morgan fingerprint density at radius 2 is 1.83 bits per heavy atom. The van der Waals surface area contributed by atoms with Crippen LogP contribution in [0.3, 0.4) is 0 Å². The van der Waals surface area contributed by atoms with Gasteiger partial charge < -0.3 is 9.84 Å². The zero-order valence-corrected chi connectivity index (χ0v) is 11.8. The Balaban J connectivity index is 1.79. The standard InChI is InChI=1S/C14H18Cl2O2/c15-13-6-3-11(7-14(13)16)9-18-12-4-1-10(8-17)2-5-12/h3,6-7,10,12,17H,1-2,4-5,8-9H2. The Labute approximate surface area is 118 Å². The molecule has 0 heterocycles. The molecule has 1 aromatic carbocycles. The van der Waals surface area contributed by atoms with Crippen molar-refractivity contribution >= 4 is 23.2 Å². The lowest BCUT2D eigenvalue weighted by atomic mass is 9.88. The van der Waals surface area contributed by atoms with Crippen molar-refractivity contribution < 1.29 is 9.84 Å². The number of aliphatic hydroxyl groups excluding tert-OH is 1. The molecule has 0 amide bonds. The maximum Gasteiger partial charge on any atom is 0.0721 e. The normalized spacial score (nSPS) is 24.2. The SMILES string of the molecule is OCC1CCC(OCc2ccc(Cl)c(Cl)c2)CC1. The lowest BCUT2D eigenvalue weighted by Gasteiger charge is -2.27. The van der Waals surface area contributed by atoms with Crippen LogP contribution in [0, 0.1) is 5.92 Å². The lowest BCUT2D eigenvalue weighted by molar-refractivity contribution is 0.00121. The molecular formula is C14H18Cl2O2. The van der Waals surface area contributed by atoms with E-state index in [1.807, 2.05) is 12.1 Å². The molecule has 0 spiro atoms. The van der Waals surface area contributed by atoms with E-state index in [4.69, 9.17) is 33.0 Å². The maximum atomic E-state index is 9.07. The molecule has 0 bridgehead atoms. The van der Waals surface area contributed by atoms with Crippen LogP contribution in [-0.4, -0.2) is 17.8 Å². The third-order valence-corrected chi connectivity index (χ3v) is 4.26. The Hall–Kier alpha value is -0.280. The highest BCUT2D eigenvalue weighted by atomic mass is 35.5. The second-order valence-corrected chi connectivity index (χ2v) is 5.70. The summed E-state index contributed by atoms with van der Waals surface area (Å²) in [6, 6.07) is 5.59. The van der Waals surface area contributed by atoms with Crippen LogP contribution in [0.1, 0.15) is 31.2 Å². The van der Waals surface area contributed by atoms with E-state index in [1.165, 1.54) is 0 Å². The van der Waals surface area contributed by atoms with Crippen LogP contribution in [-0.2, 0) is 11.3 Å². The van der Waals surface area contributed by atoms with Gasteiger partial charge in [-0.05, 0) is 49.3 Å². The summed E-state index contributed by atoms with van der Waals surface area (Å²) in [6.07, 6.45) is 4.49. The topological polar surface area (TPSA) is 29.5 Å². The van der Waals surface area contributed by atoms with Gasteiger partial charge in [0.05, 0.1) is 22.8 Å². The molecule has 1 fully saturated rings. The van der Waals surface area contributed by atoms with Crippen molar-refractivity contribution in [2.75, 3.05) is 6.61 Å². The minimum atomic E-state index is 0.305. The minimum absolute atomic E-state index is 0.305. The van der Waals surface area contributed by atoms with Crippen molar-refractivity contribution in [3.63, 3.8) is 0 Å². The Kier molecular flexibility index (Phi) is 5.31. The molecule has 1 N–H and O–H groups in total. The van der Waals surface area contributed by atoms with Crippen LogP contribution in [0.5, 0.6) is 0 Å². The molecule has 4 heteroatoms. The minimum Gasteiger partial charge on any atom is -0.396 e. The van der Waals surface area contributed by atoms with E-state index < -0.39 is 0 Å². The number of hydrogen-bond donors (Lipinski definition) is 1. The number of halogens is 2. The molecule has 100 valence electrons. The molecule has 1 aromatic rings. The summed E-state index contributed by atoms with van der Waals surface area (Å²) in [5, 5.41) is 10.2. The van der Waals surface area contributed by atoms with Gasteiger partial charge in [0.2, 0.25) is 0 Å². The molecule has 0 atom stereocenters. The average Bonchev–Trinajstić information content (AvgIpc) is 2.41. The molecule has 0 unspecified atom stereocenters. The smallest absolute Gasteiger partial charge is 0.0721 e. The first-order valence-electron chi connectivity index (χ1n) is 6.35. The van der Waals surface area contributed by atoms with Gasteiger partial charge in [0.1, 0.15) is 0 Å². The van der Waals surface area contributed by atoms with E-state index in [-0.39, 0.29) is 0 Å². The van der Waals surface area contributed by atoms with Crippen LogP contribution in [0.15, 0.2) is 18.2 Å². The molecule has 2 nitrogen and oxygen atoms in total. The van der Waals surface area contributed by atoms with Gasteiger partial charge >= 0.3 is 0 Å². The van der Waals surface area contributed by atoms with E-state index in [1.54, 1.807) is 6.07 Å². The number of hydrogen-bond acceptors (Lipinski definition) is 2. The van der Waals surface area contributed by atoms with E-state index in [9.17, 15) is 0 Å². The number of benzene rings is 1. The number of ether oxygens (including phenoxy) is 1. The Morgan fingerprint density at radius 1 is 1.11 bits per heavy atom. The summed E-state index contributed by atoms with van der Waals surface area (Å²) >= 11 is 11.8. The molecule has 2 rings (SSSR count). The van der Waals surface area contributed by atoms with Gasteiger partial charge in [0.15, 0.2) is 0 Å². The Morgan fingerprint density at radius 3 is 2.44 bits per heavy atom.